The van der Waals surface area contributed by atoms with E-state index in [-0.39, 0.29) is 0 Å². The minimum absolute atomic E-state index is 0.365. The quantitative estimate of drug-likeness (QED) is 0.698. The summed E-state index contributed by atoms with van der Waals surface area (Å²) in [5.41, 5.74) is 6.15. The summed E-state index contributed by atoms with van der Waals surface area (Å²) < 4.78 is 24.1. The molecule has 7 heteroatoms. The van der Waals surface area contributed by atoms with E-state index in [0.717, 1.165) is 6.26 Å². The van der Waals surface area contributed by atoms with Crippen molar-refractivity contribution in [2.24, 2.45) is 5.73 Å². The number of anilines is 1. The van der Waals surface area contributed by atoms with Gasteiger partial charge >= 0.3 is 5.97 Å². The molecule has 1 atom stereocenters. The third-order valence-corrected chi connectivity index (χ3v) is 2.45. The summed E-state index contributed by atoms with van der Waals surface area (Å²) in [6.45, 7) is 0. The monoisotopic (exact) mass is 244 g/mol. The number of sulfonamides is 1. The molecule has 0 aromatic heterocycles. The van der Waals surface area contributed by atoms with Gasteiger partial charge < -0.3 is 10.8 Å². The highest BCUT2D eigenvalue weighted by Gasteiger charge is 2.13. The van der Waals surface area contributed by atoms with Crippen LogP contribution >= 0.6 is 0 Å². The number of benzene rings is 1. The average molecular weight is 244 g/mol. The summed E-state index contributed by atoms with van der Waals surface area (Å²) in [5.74, 6) is -1.14. The highest BCUT2D eigenvalue weighted by Crippen LogP contribution is 2.15. The molecular formula is C9H12N2O4S. The van der Waals surface area contributed by atoms with Crippen molar-refractivity contribution in [1.29, 1.82) is 0 Å². The second-order valence-corrected chi connectivity index (χ2v) is 5.06. The molecule has 1 unspecified atom stereocenters. The summed E-state index contributed by atoms with van der Waals surface area (Å²) in [5, 5.41) is 8.65. The first kappa shape index (κ1) is 12.5. The van der Waals surface area contributed by atoms with E-state index in [4.69, 9.17) is 10.8 Å². The fourth-order valence-corrected chi connectivity index (χ4v) is 1.68. The van der Waals surface area contributed by atoms with E-state index < -0.39 is 22.0 Å². The predicted octanol–water partition coefficient (Wildman–Crippen LogP) is 0.142. The SMILES string of the molecule is CS(=O)(=O)Nc1ccc(C(N)C(=O)O)cc1. The van der Waals surface area contributed by atoms with Crippen LogP contribution in [0.4, 0.5) is 5.69 Å². The number of hydrogen-bond acceptors (Lipinski definition) is 4. The van der Waals surface area contributed by atoms with E-state index in [2.05, 4.69) is 4.72 Å². The summed E-state index contributed by atoms with van der Waals surface area (Å²) in [7, 11) is -3.32. The number of hydrogen-bond donors (Lipinski definition) is 3. The van der Waals surface area contributed by atoms with Crippen LogP contribution < -0.4 is 10.5 Å². The van der Waals surface area contributed by atoms with Crippen LogP contribution in [0.15, 0.2) is 24.3 Å². The molecule has 0 radical (unpaired) electrons. The van der Waals surface area contributed by atoms with Gasteiger partial charge in [-0.3, -0.25) is 9.52 Å². The van der Waals surface area contributed by atoms with Gasteiger partial charge in [-0.1, -0.05) is 12.1 Å². The normalized spacial score (nSPS) is 13.1. The Balaban J connectivity index is 2.87. The van der Waals surface area contributed by atoms with Gasteiger partial charge in [0.05, 0.1) is 6.26 Å². The number of carbonyl (C=O) groups is 1. The van der Waals surface area contributed by atoms with Crippen molar-refractivity contribution in [3.05, 3.63) is 29.8 Å². The molecule has 0 heterocycles. The van der Waals surface area contributed by atoms with E-state index in [1.807, 2.05) is 0 Å². The van der Waals surface area contributed by atoms with Crippen molar-refractivity contribution in [1.82, 2.24) is 0 Å². The fraction of sp³-hybridized carbons (Fsp3) is 0.222. The molecular weight excluding hydrogens is 232 g/mol. The number of nitrogens with two attached hydrogens (primary N) is 1. The van der Waals surface area contributed by atoms with Crippen LogP contribution in [-0.2, 0) is 14.8 Å². The van der Waals surface area contributed by atoms with Crippen molar-refractivity contribution < 1.29 is 18.3 Å². The van der Waals surface area contributed by atoms with Crippen molar-refractivity contribution in [2.75, 3.05) is 11.0 Å². The first-order valence-electron chi connectivity index (χ1n) is 4.36. The van der Waals surface area contributed by atoms with E-state index >= 15 is 0 Å². The third kappa shape index (κ3) is 3.52. The van der Waals surface area contributed by atoms with E-state index in [0.29, 0.717) is 11.3 Å². The molecule has 0 saturated carbocycles. The second-order valence-electron chi connectivity index (χ2n) is 3.31. The average Bonchev–Trinajstić information content (AvgIpc) is 2.15. The highest BCUT2D eigenvalue weighted by molar-refractivity contribution is 7.92. The Morgan fingerprint density at radius 3 is 2.25 bits per heavy atom. The van der Waals surface area contributed by atoms with Gasteiger partial charge in [0.25, 0.3) is 0 Å². The molecule has 4 N–H and O–H groups in total. The molecule has 0 fully saturated rings. The van der Waals surface area contributed by atoms with Gasteiger partial charge in [-0.05, 0) is 17.7 Å². The molecule has 88 valence electrons. The van der Waals surface area contributed by atoms with Crippen LogP contribution in [0.25, 0.3) is 0 Å². The van der Waals surface area contributed by atoms with Gasteiger partial charge in [0.2, 0.25) is 10.0 Å². The molecule has 1 aromatic rings. The summed E-state index contributed by atoms with van der Waals surface area (Å²) in [6, 6.07) is 4.74. The number of carboxylic acids is 1. The van der Waals surface area contributed by atoms with Gasteiger partial charge in [-0.2, -0.15) is 0 Å². The molecule has 0 amide bonds. The number of carboxylic acid groups (broad SMARTS) is 1. The van der Waals surface area contributed by atoms with Crippen LogP contribution in [0.5, 0.6) is 0 Å². The lowest BCUT2D eigenvalue weighted by molar-refractivity contribution is -0.138. The zero-order valence-corrected chi connectivity index (χ0v) is 9.36. The third-order valence-electron chi connectivity index (χ3n) is 1.84. The highest BCUT2D eigenvalue weighted by atomic mass is 32.2. The van der Waals surface area contributed by atoms with Crippen LogP contribution in [0.3, 0.4) is 0 Å². The lowest BCUT2D eigenvalue weighted by atomic mass is 10.1. The lowest BCUT2D eigenvalue weighted by Crippen LogP contribution is -2.20. The lowest BCUT2D eigenvalue weighted by Gasteiger charge is -2.08. The molecule has 0 aliphatic heterocycles. The van der Waals surface area contributed by atoms with Gasteiger partial charge in [-0.25, -0.2) is 8.42 Å². The van der Waals surface area contributed by atoms with E-state index in [9.17, 15) is 13.2 Å². The largest absolute Gasteiger partial charge is 0.480 e. The first-order chi connectivity index (χ1) is 7.29. The van der Waals surface area contributed by atoms with Crippen molar-refractivity contribution in [2.45, 2.75) is 6.04 Å². The van der Waals surface area contributed by atoms with Crippen molar-refractivity contribution in [3.63, 3.8) is 0 Å². The molecule has 16 heavy (non-hydrogen) atoms. The summed E-state index contributed by atoms with van der Waals surface area (Å²) in [4.78, 5) is 10.6. The van der Waals surface area contributed by atoms with Gasteiger partial charge in [0.15, 0.2) is 0 Å². The molecule has 0 spiro atoms. The smallest absolute Gasteiger partial charge is 0.325 e. The number of aliphatic carboxylic acids is 1. The van der Waals surface area contributed by atoms with Gasteiger partial charge in [0.1, 0.15) is 6.04 Å². The summed E-state index contributed by atoms with van der Waals surface area (Å²) >= 11 is 0. The minimum Gasteiger partial charge on any atom is -0.480 e. The number of nitrogens with one attached hydrogen (secondary N) is 1. The predicted molar refractivity (Wildman–Crippen MR) is 59.5 cm³/mol. The van der Waals surface area contributed by atoms with Crippen LogP contribution in [0, 0.1) is 0 Å². The maximum absolute atomic E-state index is 10.9. The Labute approximate surface area is 93.1 Å². The molecule has 1 rings (SSSR count). The van der Waals surface area contributed by atoms with E-state index in [1.165, 1.54) is 24.3 Å². The second kappa shape index (κ2) is 4.50. The van der Waals surface area contributed by atoms with Crippen LogP contribution in [-0.4, -0.2) is 25.7 Å². The Bertz CT molecular complexity index is 481. The molecule has 0 aliphatic carbocycles. The summed E-state index contributed by atoms with van der Waals surface area (Å²) in [6.07, 6.45) is 1.03. The first-order valence-corrected chi connectivity index (χ1v) is 6.25. The van der Waals surface area contributed by atoms with Crippen LogP contribution in [0.1, 0.15) is 11.6 Å². The molecule has 1 aromatic carbocycles. The zero-order chi connectivity index (χ0) is 12.3. The van der Waals surface area contributed by atoms with Crippen molar-refractivity contribution >= 4 is 21.7 Å². The maximum Gasteiger partial charge on any atom is 0.325 e. The Kier molecular flexibility index (Phi) is 3.51. The molecule has 0 bridgehead atoms. The fourth-order valence-electron chi connectivity index (χ4n) is 1.12. The molecule has 0 aliphatic rings. The molecule has 6 nitrogen and oxygen atoms in total. The Morgan fingerprint density at radius 2 is 1.88 bits per heavy atom. The topological polar surface area (TPSA) is 109 Å². The van der Waals surface area contributed by atoms with Gasteiger partial charge in [0, 0.05) is 5.69 Å². The van der Waals surface area contributed by atoms with Gasteiger partial charge in [-0.15, -0.1) is 0 Å². The Hall–Kier alpha value is -1.60. The van der Waals surface area contributed by atoms with Crippen molar-refractivity contribution in [3.8, 4) is 0 Å². The number of rotatable bonds is 4. The minimum atomic E-state index is -3.32. The standard InChI is InChI=1S/C9H12N2O4S/c1-16(14,15)11-7-4-2-6(3-5-7)8(10)9(12)13/h2-5,8,11H,10H2,1H3,(H,12,13). The Morgan fingerprint density at radius 1 is 1.38 bits per heavy atom. The van der Waals surface area contributed by atoms with E-state index in [1.54, 1.807) is 0 Å². The van der Waals surface area contributed by atoms with Crippen LogP contribution in [0.2, 0.25) is 0 Å². The zero-order valence-electron chi connectivity index (χ0n) is 8.54. The maximum atomic E-state index is 10.9. The molecule has 0 saturated heterocycles.